The molecule has 2 aromatic rings. The topological polar surface area (TPSA) is 46.0 Å². The van der Waals surface area contributed by atoms with Gasteiger partial charge in [-0.15, -0.1) is 0 Å². The van der Waals surface area contributed by atoms with Gasteiger partial charge in [0.25, 0.3) is 0 Å². The van der Waals surface area contributed by atoms with Gasteiger partial charge in [-0.25, -0.2) is 9.97 Å². The normalized spacial score (nSPS) is 10.5. The SMILES string of the molecule is CSc1ncc(Sc2ccccc2)c(CO)n1. The van der Waals surface area contributed by atoms with E-state index in [1.165, 1.54) is 11.8 Å². The van der Waals surface area contributed by atoms with Gasteiger partial charge in [-0.2, -0.15) is 0 Å². The molecule has 0 radical (unpaired) electrons. The summed E-state index contributed by atoms with van der Waals surface area (Å²) in [5.74, 6) is 0. The molecule has 0 unspecified atom stereocenters. The monoisotopic (exact) mass is 264 g/mol. The Labute approximate surface area is 109 Å². The summed E-state index contributed by atoms with van der Waals surface area (Å²) < 4.78 is 0. The summed E-state index contributed by atoms with van der Waals surface area (Å²) >= 11 is 3.03. The Kier molecular flexibility index (Phi) is 4.42. The van der Waals surface area contributed by atoms with Crippen molar-refractivity contribution in [3.05, 3.63) is 42.2 Å². The summed E-state index contributed by atoms with van der Waals surface area (Å²) in [5, 5.41) is 9.99. The molecule has 5 heteroatoms. The Bertz CT molecular complexity index is 491. The molecular weight excluding hydrogens is 252 g/mol. The summed E-state index contributed by atoms with van der Waals surface area (Å²) in [6, 6.07) is 9.99. The van der Waals surface area contributed by atoms with Crippen molar-refractivity contribution < 1.29 is 5.11 Å². The quantitative estimate of drug-likeness (QED) is 0.679. The van der Waals surface area contributed by atoms with E-state index < -0.39 is 0 Å². The van der Waals surface area contributed by atoms with E-state index in [1.807, 2.05) is 36.6 Å². The lowest BCUT2D eigenvalue weighted by atomic mass is 10.4. The standard InChI is InChI=1S/C12H12N2OS2/c1-16-12-13-7-11(10(8-15)14-12)17-9-5-3-2-4-6-9/h2-7,15H,8H2,1H3. The molecule has 1 aromatic carbocycles. The van der Waals surface area contributed by atoms with Gasteiger partial charge in [0.2, 0.25) is 0 Å². The van der Waals surface area contributed by atoms with Gasteiger partial charge in [0.05, 0.1) is 17.2 Å². The number of aliphatic hydroxyl groups excluding tert-OH is 1. The van der Waals surface area contributed by atoms with Crippen LogP contribution in [0.1, 0.15) is 5.69 Å². The zero-order valence-electron chi connectivity index (χ0n) is 9.33. The van der Waals surface area contributed by atoms with Gasteiger partial charge in [-0.05, 0) is 18.4 Å². The second-order valence-electron chi connectivity index (χ2n) is 3.24. The lowest BCUT2D eigenvalue weighted by molar-refractivity contribution is 0.272. The molecule has 88 valence electrons. The Balaban J connectivity index is 2.26. The highest BCUT2D eigenvalue weighted by Crippen LogP contribution is 2.29. The van der Waals surface area contributed by atoms with Crippen LogP contribution in [0.4, 0.5) is 0 Å². The predicted octanol–water partition coefficient (Wildman–Crippen LogP) is 2.84. The first-order valence-electron chi connectivity index (χ1n) is 5.07. The van der Waals surface area contributed by atoms with Crippen LogP contribution < -0.4 is 0 Å². The van der Waals surface area contributed by atoms with Gasteiger partial charge in [0.15, 0.2) is 5.16 Å². The van der Waals surface area contributed by atoms with Crippen LogP contribution in [0.15, 0.2) is 51.5 Å². The highest BCUT2D eigenvalue weighted by atomic mass is 32.2. The molecule has 0 saturated carbocycles. The van der Waals surface area contributed by atoms with Gasteiger partial charge < -0.3 is 5.11 Å². The molecule has 0 bridgehead atoms. The number of thioether (sulfide) groups is 1. The van der Waals surface area contributed by atoms with E-state index in [-0.39, 0.29) is 6.61 Å². The maximum Gasteiger partial charge on any atom is 0.187 e. The number of aromatic nitrogens is 2. The molecule has 2 rings (SSSR count). The van der Waals surface area contributed by atoms with Crippen LogP contribution in [0, 0.1) is 0 Å². The highest BCUT2D eigenvalue weighted by molar-refractivity contribution is 7.99. The van der Waals surface area contributed by atoms with Crippen LogP contribution in [0.2, 0.25) is 0 Å². The molecule has 0 aliphatic heterocycles. The molecule has 0 saturated heterocycles. The van der Waals surface area contributed by atoms with Crippen LogP contribution >= 0.6 is 23.5 Å². The Morgan fingerprint density at radius 1 is 1.24 bits per heavy atom. The first-order chi connectivity index (χ1) is 8.33. The van der Waals surface area contributed by atoms with Crippen LogP contribution in [0.25, 0.3) is 0 Å². The molecule has 1 aromatic heterocycles. The smallest absolute Gasteiger partial charge is 0.187 e. The summed E-state index contributed by atoms with van der Waals surface area (Å²) in [7, 11) is 0. The fourth-order valence-corrected chi connectivity index (χ4v) is 2.54. The van der Waals surface area contributed by atoms with E-state index in [9.17, 15) is 5.11 Å². The lowest BCUT2D eigenvalue weighted by Crippen LogP contribution is -1.96. The molecule has 0 atom stereocenters. The maximum atomic E-state index is 9.30. The third-order valence-corrected chi connectivity index (χ3v) is 3.74. The summed E-state index contributed by atoms with van der Waals surface area (Å²) in [6.45, 7) is -0.0642. The Morgan fingerprint density at radius 3 is 2.65 bits per heavy atom. The van der Waals surface area contributed by atoms with Gasteiger partial charge in [0.1, 0.15) is 0 Å². The molecular formula is C12H12N2OS2. The molecule has 3 nitrogen and oxygen atoms in total. The fraction of sp³-hybridized carbons (Fsp3) is 0.167. The second-order valence-corrected chi connectivity index (χ2v) is 5.13. The van der Waals surface area contributed by atoms with Crippen molar-refractivity contribution in [3.63, 3.8) is 0 Å². The largest absolute Gasteiger partial charge is 0.390 e. The molecule has 0 aliphatic carbocycles. The minimum absolute atomic E-state index is 0.0642. The van der Waals surface area contributed by atoms with E-state index >= 15 is 0 Å². The first kappa shape index (κ1) is 12.4. The number of aliphatic hydroxyl groups is 1. The van der Waals surface area contributed by atoms with Crippen molar-refractivity contribution in [2.24, 2.45) is 0 Å². The average Bonchev–Trinajstić information content (AvgIpc) is 2.40. The van der Waals surface area contributed by atoms with E-state index in [0.717, 1.165) is 9.79 Å². The highest BCUT2D eigenvalue weighted by Gasteiger charge is 2.07. The van der Waals surface area contributed by atoms with Crippen molar-refractivity contribution in [3.8, 4) is 0 Å². The third-order valence-electron chi connectivity index (χ3n) is 2.11. The van der Waals surface area contributed by atoms with Gasteiger partial charge >= 0.3 is 0 Å². The van der Waals surface area contributed by atoms with E-state index in [2.05, 4.69) is 9.97 Å². The second kappa shape index (κ2) is 6.05. The van der Waals surface area contributed by atoms with E-state index in [1.54, 1.807) is 18.0 Å². The fourth-order valence-electron chi connectivity index (χ4n) is 1.30. The average molecular weight is 264 g/mol. The van der Waals surface area contributed by atoms with Crippen molar-refractivity contribution in [1.29, 1.82) is 0 Å². The molecule has 1 heterocycles. The minimum Gasteiger partial charge on any atom is -0.390 e. The van der Waals surface area contributed by atoms with Crippen molar-refractivity contribution in [1.82, 2.24) is 9.97 Å². The minimum atomic E-state index is -0.0642. The molecule has 0 spiro atoms. The van der Waals surface area contributed by atoms with E-state index in [4.69, 9.17) is 0 Å². The number of rotatable bonds is 4. The van der Waals surface area contributed by atoms with Crippen molar-refractivity contribution in [2.45, 2.75) is 21.6 Å². The molecule has 0 aliphatic rings. The van der Waals surface area contributed by atoms with Gasteiger partial charge in [-0.3, -0.25) is 0 Å². The van der Waals surface area contributed by atoms with Crippen LogP contribution in [-0.2, 0) is 6.61 Å². The zero-order chi connectivity index (χ0) is 12.1. The summed E-state index contributed by atoms with van der Waals surface area (Å²) in [6.07, 6.45) is 3.68. The Morgan fingerprint density at radius 2 is 2.00 bits per heavy atom. The van der Waals surface area contributed by atoms with Gasteiger partial charge in [-0.1, -0.05) is 41.7 Å². The van der Waals surface area contributed by atoms with E-state index in [0.29, 0.717) is 10.9 Å². The predicted molar refractivity (Wildman–Crippen MR) is 70.3 cm³/mol. The van der Waals surface area contributed by atoms with Gasteiger partial charge in [0, 0.05) is 11.1 Å². The Hall–Kier alpha value is -1.04. The van der Waals surface area contributed by atoms with Crippen LogP contribution in [0.5, 0.6) is 0 Å². The number of hydrogen-bond donors (Lipinski definition) is 1. The third kappa shape index (κ3) is 3.21. The number of hydrogen-bond acceptors (Lipinski definition) is 5. The molecule has 1 N–H and O–H groups in total. The number of nitrogens with zero attached hydrogens (tertiary/aromatic N) is 2. The van der Waals surface area contributed by atoms with Crippen LogP contribution in [-0.4, -0.2) is 21.3 Å². The van der Waals surface area contributed by atoms with Crippen molar-refractivity contribution in [2.75, 3.05) is 6.26 Å². The zero-order valence-corrected chi connectivity index (χ0v) is 11.0. The lowest BCUT2D eigenvalue weighted by Gasteiger charge is -2.06. The number of benzene rings is 1. The first-order valence-corrected chi connectivity index (χ1v) is 7.11. The molecule has 0 fully saturated rings. The molecule has 0 amide bonds. The summed E-state index contributed by atoms with van der Waals surface area (Å²) in [4.78, 5) is 10.5. The molecule has 17 heavy (non-hydrogen) atoms. The van der Waals surface area contributed by atoms with Crippen molar-refractivity contribution >= 4 is 23.5 Å². The van der Waals surface area contributed by atoms with Crippen LogP contribution in [0.3, 0.4) is 0 Å². The summed E-state index contributed by atoms with van der Waals surface area (Å²) in [5.41, 5.74) is 0.679. The maximum absolute atomic E-state index is 9.30.